The smallest absolute Gasteiger partial charge is 0.169 e. The lowest BCUT2D eigenvalue weighted by molar-refractivity contribution is -0.671. The minimum absolute atomic E-state index is 0.969. The highest BCUT2D eigenvalue weighted by molar-refractivity contribution is 5.80. The summed E-state index contributed by atoms with van der Waals surface area (Å²) in [5.41, 5.74) is 3.74. The molecule has 90 valence electrons. The van der Waals surface area contributed by atoms with E-state index in [0.29, 0.717) is 0 Å². The van der Waals surface area contributed by atoms with Crippen molar-refractivity contribution in [3.8, 4) is 0 Å². The molecule has 0 aliphatic carbocycles. The topological polar surface area (TPSA) is 19.5 Å². The summed E-state index contributed by atoms with van der Waals surface area (Å²) in [5, 5.41) is 6.64. The van der Waals surface area contributed by atoms with Crippen molar-refractivity contribution >= 4 is 11.9 Å². The summed E-state index contributed by atoms with van der Waals surface area (Å²) in [6.07, 6.45) is 7.05. The number of aryl methyl sites for hydroxylation is 1. The summed E-state index contributed by atoms with van der Waals surface area (Å²) in [7, 11) is 2.01. The zero-order valence-corrected chi connectivity index (χ0v) is 10.5. The van der Waals surface area contributed by atoms with Crippen LogP contribution in [0.2, 0.25) is 0 Å². The van der Waals surface area contributed by atoms with Crippen molar-refractivity contribution in [2.45, 2.75) is 6.42 Å². The second kappa shape index (κ2) is 4.61. The van der Waals surface area contributed by atoms with E-state index < -0.39 is 0 Å². The van der Waals surface area contributed by atoms with E-state index in [1.54, 1.807) is 0 Å². The third-order valence-corrected chi connectivity index (χ3v) is 3.21. The van der Waals surface area contributed by atoms with Crippen molar-refractivity contribution in [3.63, 3.8) is 0 Å². The van der Waals surface area contributed by atoms with Crippen LogP contribution in [0.5, 0.6) is 0 Å². The van der Waals surface area contributed by atoms with Crippen LogP contribution in [0.15, 0.2) is 53.9 Å². The van der Waals surface area contributed by atoms with Crippen LogP contribution < -0.4 is 9.58 Å². The molecular weight excluding hydrogens is 222 g/mol. The summed E-state index contributed by atoms with van der Waals surface area (Å²) < 4.78 is 2.02. The number of aromatic nitrogens is 1. The maximum absolute atomic E-state index is 4.56. The van der Waals surface area contributed by atoms with E-state index >= 15 is 0 Å². The van der Waals surface area contributed by atoms with Gasteiger partial charge in [-0.25, -0.2) is 4.57 Å². The minimum Gasteiger partial charge on any atom is -0.265 e. The molecule has 0 amide bonds. The Labute approximate surface area is 107 Å². The first-order valence-electron chi connectivity index (χ1n) is 6.18. The zero-order valence-electron chi connectivity index (χ0n) is 10.5. The first-order chi connectivity index (χ1) is 8.83. The van der Waals surface area contributed by atoms with Gasteiger partial charge in [0, 0.05) is 24.2 Å². The summed E-state index contributed by atoms with van der Waals surface area (Å²) in [6.45, 7) is 0.969. The van der Waals surface area contributed by atoms with Crippen LogP contribution in [-0.2, 0) is 13.5 Å². The third kappa shape index (κ3) is 2.12. The van der Waals surface area contributed by atoms with Gasteiger partial charge in [0.15, 0.2) is 12.4 Å². The van der Waals surface area contributed by atoms with Gasteiger partial charge < -0.3 is 0 Å². The van der Waals surface area contributed by atoms with Crippen molar-refractivity contribution in [3.05, 3.63) is 59.9 Å². The van der Waals surface area contributed by atoms with Crippen molar-refractivity contribution in [1.82, 2.24) is 0 Å². The van der Waals surface area contributed by atoms with Crippen LogP contribution >= 0.6 is 0 Å². The number of hydrogen-bond acceptors (Lipinski definition) is 2. The molecule has 18 heavy (non-hydrogen) atoms. The van der Waals surface area contributed by atoms with Crippen molar-refractivity contribution in [2.75, 3.05) is 11.6 Å². The van der Waals surface area contributed by atoms with Crippen LogP contribution in [-0.4, -0.2) is 12.8 Å². The van der Waals surface area contributed by atoms with Gasteiger partial charge in [-0.1, -0.05) is 18.2 Å². The Kier molecular flexibility index (Phi) is 2.81. The summed E-state index contributed by atoms with van der Waals surface area (Å²) in [4.78, 5) is 0. The van der Waals surface area contributed by atoms with Crippen molar-refractivity contribution < 1.29 is 4.57 Å². The number of para-hydroxylation sites is 1. The molecule has 0 N–H and O–H groups in total. The highest BCUT2D eigenvalue weighted by Crippen LogP contribution is 2.27. The zero-order chi connectivity index (χ0) is 12.4. The molecule has 0 bridgehead atoms. The molecule has 2 heterocycles. The first-order valence-corrected chi connectivity index (χ1v) is 6.18. The van der Waals surface area contributed by atoms with Gasteiger partial charge in [0.05, 0.1) is 11.9 Å². The number of nitrogens with zero attached hydrogens (tertiary/aromatic N) is 3. The maximum atomic E-state index is 4.56. The van der Waals surface area contributed by atoms with Crippen molar-refractivity contribution in [1.29, 1.82) is 0 Å². The molecular formula is C15H16N3+. The fourth-order valence-corrected chi connectivity index (χ4v) is 2.18. The molecule has 1 aromatic carbocycles. The number of anilines is 1. The molecule has 1 aliphatic rings. The van der Waals surface area contributed by atoms with Gasteiger partial charge in [-0.2, -0.15) is 5.10 Å². The molecule has 3 rings (SSSR count). The first kappa shape index (κ1) is 11.0. The Morgan fingerprint density at radius 2 is 1.94 bits per heavy atom. The number of hydrazone groups is 1. The van der Waals surface area contributed by atoms with Gasteiger partial charge in [-0.3, -0.25) is 5.01 Å². The molecule has 0 radical (unpaired) electrons. The number of fused-ring (bicyclic) bond motifs is 1. The molecule has 0 saturated heterocycles. The highest BCUT2D eigenvalue weighted by atomic mass is 15.5. The van der Waals surface area contributed by atoms with Gasteiger partial charge in [0.1, 0.15) is 7.05 Å². The van der Waals surface area contributed by atoms with Gasteiger partial charge in [0.25, 0.3) is 0 Å². The number of hydrogen-bond donors (Lipinski definition) is 0. The molecule has 0 spiro atoms. The average Bonchev–Trinajstić information content (AvgIpc) is 2.82. The molecule has 3 nitrogen and oxygen atoms in total. The van der Waals surface area contributed by atoms with Crippen LogP contribution in [0, 0.1) is 0 Å². The Morgan fingerprint density at radius 3 is 2.78 bits per heavy atom. The Balaban J connectivity index is 1.80. The summed E-state index contributed by atoms with van der Waals surface area (Å²) in [6, 6.07) is 12.6. The Bertz CT molecular complexity index is 573. The Hall–Kier alpha value is -2.16. The van der Waals surface area contributed by atoms with Gasteiger partial charge in [-0.05, 0) is 18.1 Å². The molecule has 1 aliphatic heterocycles. The van der Waals surface area contributed by atoms with E-state index in [9.17, 15) is 0 Å². The highest BCUT2D eigenvalue weighted by Gasteiger charge is 2.16. The van der Waals surface area contributed by atoms with Gasteiger partial charge in [0.2, 0.25) is 0 Å². The largest absolute Gasteiger partial charge is 0.265 e. The second-order valence-electron chi connectivity index (χ2n) is 4.54. The predicted molar refractivity (Wildman–Crippen MR) is 72.7 cm³/mol. The lowest BCUT2D eigenvalue weighted by atomic mass is 10.2. The van der Waals surface area contributed by atoms with Crippen LogP contribution in [0.1, 0.15) is 11.1 Å². The minimum atomic E-state index is 0.969. The number of rotatable bonds is 2. The molecule has 0 fully saturated rings. The lowest BCUT2D eigenvalue weighted by Gasteiger charge is -2.11. The third-order valence-electron chi connectivity index (χ3n) is 3.21. The van der Waals surface area contributed by atoms with E-state index in [-0.39, 0.29) is 0 Å². The van der Waals surface area contributed by atoms with Crippen LogP contribution in [0.4, 0.5) is 5.69 Å². The number of pyridine rings is 1. The molecule has 2 aromatic rings. The molecule has 1 aromatic heterocycles. The Morgan fingerprint density at radius 1 is 1.17 bits per heavy atom. The van der Waals surface area contributed by atoms with Crippen molar-refractivity contribution in [2.24, 2.45) is 12.1 Å². The lowest BCUT2D eigenvalue weighted by Crippen LogP contribution is -2.26. The average molecular weight is 238 g/mol. The van der Waals surface area contributed by atoms with Crippen LogP contribution in [0.3, 0.4) is 0 Å². The van der Waals surface area contributed by atoms with Gasteiger partial charge in [-0.15, -0.1) is 0 Å². The molecule has 0 unspecified atom stereocenters. The number of benzene rings is 1. The second-order valence-corrected chi connectivity index (χ2v) is 4.54. The predicted octanol–water partition coefficient (Wildman–Crippen LogP) is 1.91. The monoisotopic (exact) mass is 238 g/mol. The fourth-order valence-electron chi connectivity index (χ4n) is 2.18. The molecule has 0 atom stereocenters. The standard InChI is InChI=1S/C15H16N3/c1-17-9-6-13(7-10-17)12-16-18-11-8-14-4-2-3-5-15(14)18/h2-7,9-10,12H,8,11H2,1H3/q+1. The summed E-state index contributed by atoms with van der Waals surface area (Å²) >= 11 is 0. The van der Waals surface area contributed by atoms with E-state index in [2.05, 4.69) is 46.5 Å². The quantitative estimate of drug-likeness (QED) is 0.578. The molecule has 0 saturated carbocycles. The SMILES string of the molecule is C[n+]1ccc(C=NN2CCc3ccccc32)cc1. The van der Waals surface area contributed by atoms with E-state index in [4.69, 9.17) is 0 Å². The van der Waals surface area contributed by atoms with Gasteiger partial charge >= 0.3 is 0 Å². The molecule has 3 heteroatoms. The van der Waals surface area contributed by atoms with Crippen LogP contribution in [0.25, 0.3) is 0 Å². The maximum Gasteiger partial charge on any atom is 0.169 e. The summed E-state index contributed by atoms with van der Waals surface area (Å²) in [5.74, 6) is 0. The van der Waals surface area contributed by atoms with E-state index in [0.717, 1.165) is 18.5 Å². The van der Waals surface area contributed by atoms with E-state index in [1.165, 1.54) is 11.3 Å². The normalized spacial score (nSPS) is 14.2. The van der Waals surface area contributed by atoms with E-state index in [1.807, 2.05) is 30.2 Å². The fraction of sp³-hybridized carbons (Fsp3) is 0.200.